The molecule has 0 fully saturated rings. The van der Waals surface area contributed by atoms with Gasteiger partial charge in [-0.05, 0) is 42.0 Å². The van der Waals surface area contributed by atoms with Crippen molar-refractivity contribution in [2.24, 2.45) is 0 Å². The lowest BCUT2D eigenvalue weighted by molar-refractivity contribution is 0.104. The van der Waals surface area contributed by atoms with Gasteiger partial charge in [-0.2, -0.15) is 0 Å². The summed E-state index contributed by atoms with van der Waals surface area (Å²) in [6.45, 7) is 4.15. The number of fused-ring (bicyclic) bond motifs is 1. The van der Waals surface area contributed by atoms with Crippen LogP contribution in [0.5, 0.6) is 0 Å². The number of likely N-dealkylation sites (N-methyl/N-ethyl adjacent to an activating group) is 1. The predicted molar refractivity (Wildman–Crippen MR) is 129 cm³/mol. The van der Waals surface area contributed by atoms with Crippen molar-refractivity contribution in [1.82, 2.24) is 0 Å². The van der Waals surface area contributed by atoms with Gasteiger partial charge in [0.1, 0.15) is 0 Å². The van der Waals surface area contributed by atoms with Gasteiger partial charge >= 0.3 is 0 Å². The Labute approximate surface area is 193 Å². The molecule has 0 aromatic heterocycles. The Balaban J connectivity index is 1.65. The number of nitrogens with zero attached hydrogens (tertiary/aromatic N) is 1. The molecule has 4 rings (SSSR count). The summed E-state index contributed by atoms with van der Waals surface area (Å²) in [6, 6.07) is 20.5. The highest BCUT2D eigenvalue weighted by molar-refractivity contribution is 7.92. The fourth-order valence-corrected chi connectivity index (χ4v) is 5.33. The first-order valence-electron chi connectivity index (χ1n) is 10.1. The second-order valence-corrected chi connectivity index (χ2v) is 10.4. The van der Waals surface area contributed by atoms with Gasteiger partial charge in [-0.15, -0.1) is 0 Å². The molecule has 164 valence electrons. The molecule has 0 unspecified atom stereocenters. The van der Waals surface area contributed by atoms with Gasteiger partial charge in [0.15, 0.2) is 5.78 Å². The van der Waals surface area contributed by atoms with Crippen molar-refractivity contribution < 1.29 is 13.2 Å². The molecule has 0 bridgehead atoms. The van der Waals surface area contributed by atoms with Crippen LogP contribution in [0.2, 0.25) is 5.02 Å². The second kappa shape index (κ2) is 8.11. The Morgan fingerprint density at radius 1 is 1.00 bits per heavy atom. The van der Waals surface area contributed by atoms with Gasteiger partial charge in [0.25, 0.3) is 10.0 Å². The van der Waals surface area contributed by atoms with Crippen LogP contribution in [0.25, 0.3) is 0 Å². The summed E-state index contributed by atoms with van der Waals surface area (Å²) in [5.41, 5.74) is 3.35. The maximum atomic E-state index is 13.1. The number of nitrogens with one attached hydrogen (secondary N) is 1. The van der Waals surface area contributed by atoms with Gasteiger partial charge in [0.05, 0.1) is 10.6 Å². The van der Waals surface area contributed by atoms with E-state index >= 15 is 0 Å². The Kier molecular flexibility index (Phi) is 5.61. The van der Waals surface area contributed by atoms with Crippen molar-refractivity contribution in [3.05, 3.63) is 101 Å². The molecular weight excluding hydrogens is 444 g/mol. The second-order valence-electron chi connectivity index (χ2n) is 8.24. The molecule has 0 spiro atoms. The molecule has 3 aromatic rings. The summed E-state index contributed by atoms with van der Waals surface area (Å²) in [7, 11) is -1.95. The number of sulfonamides is 1. The van der Waals surface area contributed by atoms with Crippen LogP contribution in [0.3, 0.4) is 0 Å². The van der Waals surface area contributed by atoms with Crippen LogP contribution < -0.4 is 9.62 Å². The van der Waals surface area contributed by atoms with Crippen molar-refractivity contribution in [3.8, 4) is 0 Å². The van der Waals surface area contributed by atoms with Crippen LogP contribution in [0, 0.1) is 0 Å². The van der Waals surface area contributed by atoms with Gasteiger partial charge in [0.2, 0.25) is 0 Å². The van der Waals surface area contributed by atoms with E-state index in [1.165, 1.54) is 18.2 Å². The van der Waals surface area contributed by atoms with Crippen molar-refractivity contribution in [2.75, 3.05) is 16.7 Å². The number of carbonyl (C=O) groups excluding carboxylic acids is 1. The number of anilines is 2. The van der Waals surface area contributed by atoms with Crippen LogP contribution in [-0.2, 0) is 15.4 Å². The first kappa shape index (κ1) is 22.1. The van der Waals surface area contributed by atoms with Gasteiger partial charge < -0.3 is 4.90 Å². The number of hydrogen-bond acceptors (Lipinski definition) is 4. The fraction of sp³-hybridized carbons (Fsp3) is 0.160. The Hall–Kier alpha value is -3.09. The van der Waals surface area contributed by atoms with Crippen molar-refractivity contribution in [1.29, 1.82) is 0 Å². The highest BCUT2D eigenvalue weighted by Gasteiger charge is 2.38. The Bertz CT molecular complexity index is 1350. The maximum absolute atomic E-state index is 13.1. The van der Waals surface area contributed by atoms with E-state index in [-0.39, 0.29) is 16.1 Å². The highest BCUT2D eigenvalue weighted by atomic mass is 35.5. The molecule has 1 N–H and O–H groups in total. The molecule has 5 nitrogen and oxygen atoms in total. The number of carbonyl (C=O) groups is 1. The minimum atomic E-state index is -3.88. The number of hydrogen-bond donors (Lipinski definition) is 1. The predicted octanol–water partition coefficient (Wildman–Crippen LogP) is 5.64. The third-order valence-electron chi connectivity index (χ3n) is 5.71. The minimum Gasteiger partial charge on any atom is -0.347 e. The number of ketones is 1. The molecule has 0 radical (unpaired) electrons. The summed E-state index contributed by atoms with van der Waals surface area (Å²) >= 11 is 5.95. The van der Waals surface area contributed by atoms with E-state index in [1.807, 2.05) is 30.1 Å². The number of rotatable bonds is 5. The maximum Gasteiger partial charge on any atom is 0.261 e. The Morgan fingerprint density at radius 3 is 2.44 bits per heavy atom. The number of halogens is 1. The summed E-state index contributed by atoms with van der Waals surface area (Å²) in [4.78, 5) is 15.1. The van der Waals surface area contributed by atoms with E-state index in [1.54, 1.807) is 36.4 Å². The molecule has 1 heterocycles. The van der Waals surface area contributed by atoms with E-state index in [0.29, 0.717) is 16.3 Å². The molecule has 32 heavy (non-hydrogen) atoms. The molecule has 7 heteroatoms. The first-order valence-corrected chi connectivity index (χ1v) is 11.9. The minimum absolute atomic E-state index is 0.00375. The molecule has 0 atom stereocenters. The van der Waals surface area contributed by atoms with Gasteiger partial charge in [-0.1, -0.05) is 61.8 Å². The zero-order valence-corrected chi connectivity index (χ0v) is 19.5. The van der Waals surface area contributed by atoms with Gasteiger partial charge in [-0.25, -0.2) is 8.42 Å². The van der Waals surface area contributed by atoms with E-state index < -0.39 is 10.0 Å². The van der Waals surface area contributed by atoms with E-state index in [9.17, 15) is 13.2 Å². The van der Waals surface area contributed by atoms with Crippen LogP contribution >= 0.6 is 11.6 Å². The quantitative estimate of drug-likeness (QED) is 0.390. The summed E-state index contributed by atoms with van der Waals surface area (Å²) in [5, 5.41) is 0.421. The smallest absolute Gasteiger partial charge is 0.261 e. The lowest BCUT2D eigenvalue weighted by atomic mass is 9.83. The average molecular weight is 467 g/mol. The molecule has 1 aliphatic heterocycles. The summed E-state index contributed by atoms with van der Waals surface area (Å²) in [5.74, 6) is -0.257. The average Bonchev–Trinajstić information content (AvgIpc) is 2.94. The molecule has 1 aliphatic rings. The fourth-order valence-electron chi connectivity index (χ4n) is 4.05. The van der Waals surface area contributed by atoms with Crippen LogP contribution in [0.1, 0.15) is 29.8 Å². The first-order chi connectivity index (χ1) is 15.1. The molecule has 3 aromatic carbocycles. The van der Waals surface area contributed by atoms with Crippen LogP contribution in [-0.4, -0.2) is 21.2 Å². The molecular formula is C25H23ClN2O3S. The van der Waals surface area contributed by atoms with Gasteiger partial charge in [-0.3, -0.25) is 9.52 Å². The number of benzene rings is 3. The van der Waals surface area contributed by atoms with E-state index in [0.717, 1.165) is 16.9 Å². The van der Waals surface area contributed by atoms with Crippen molar-refractivity contribution in [3.63, 3.8) is 0 Å². The number of para-hydroxylation sites is 1. The van der Waals surface area contributed by atoms with Gasteiger partial charge in [0, 0.05) is 40.5 Å². The zero-order valence-electron chi connectivity index (χ0n) is 18.0. The standard InChI is InChI=1S/C25H23ClN2O3S/c1-25(2)21-12-4-5-13-22(21)28(3)24(25)16-23(29)17-8-6-11-20(14-17)32(30,31)27-19-10-7-9-18(26)15-19/h4-16,27H,1-3H3/b24-16-. The SMILES string of the molecule is CN1/C(=C\C(=O)c2cccc(S(=O)(=O)Nc3cccc(Cl)c3)c2)C(C)(C)c2ccccc21. The normalized spacial score (nSPS) is 16.1. The van der Waals surface area contributed by atoms with Crippen molar-refractivity contribution >= 4 is 38.8 Å². The lowest BCUT2D eigenvalue weighted by Gasteiger charge is -2.24. The van der Waals surface area contributed by atoms with Crippen LogP contribution in [0.4, 0.5) is 11.4 Å². The molecule has 0 aliphatic carbocycles. The number of allylic oxidation sites excluding steroid dienone is 2. The third-order valence-corrected chi connectivity index (χ3v) is 7.33. The van der Waals surface area contributed by atoms with E-state index in [2.05, 4.69) is 24.6 Å². The molecule has 0 saturated carbocycles. The highest BCUT2D eigenvalue weighted by Crippen LogP contribution is 2.46. The lowest BCUT2D eigenvalue weighted by Crippen LogP contribution is -2.24. The van der Waals surface area contributed by atoms with E-state index in [4.69, 9.17) is 11.6 Å². The van der Waals surface area contributed by atoms with Crippen LogP contribution in [0.15, 0.2) is 89.5 Å². The summed E-state index contributed by atoms with van der Waals surface area (Å²) < 4.78 is 28.2. The molecule has 0 amide bonds. The molecule has 0 saturated heterocycles. The summed E-state index contributed by atoms with van der Waals surface area (Å²) in [6.07, 6.45) is 1.59. The topological polar surface area (TPSA) is 66.5 Å². The largest absolute Gasteiger partial charge is 0.347 e. The monoisotopic (exact) mass is 466 g/mol. The third kappa shape index (κ3) is 4.04. The zero-order chi connectivity index (χ0) is 23.1. The Morgan fingerprint density at radius 2 is 1.72 bits per heavy atom. The van der Waals surface area contributed by atoms with Crippen molar-refractivity contribution in [2.45, 2.75) is 24.2 Å².